The first kappa shape index (κ1) is 28.0. The second kappa shape index (κ2) is 9.83. The molecule has 1 N–H and O–H groups in total. The topological polar surface area (TPSA) is 82.1 Å². The van der Waals surface area contributed by atoms with Crippen LogP contribution in [0, 0.1) is 22.7 Å². The summed E-state index contributed by atoms with van der Waals surface area (Å²) in [6.07, 6.45) is 3.43. The number of carbonyl (C=O) groups excluding carboxylic acids is 2. The van der Waals surface area contributed by atoms with Crippen LogP contribution in [0.1, 0.15) is 72.8 Å². The molecule has 1 aromatic carbocycles. The molecule has 5 rings (SSSR count). The summed E-state index contributed by atoms with van der Waals surface area (Å²) in [5.74, 6) is -1.88. The van der Waals surface area contributed by atoms with Crippen LogP contribution in [0.25, 0.3) is 6.08 Å². The number of carbonyl (C=O) groups is 2. The van der Waals surface area contributed by atoms with Gasteiger partial charge in [0.15, 0.2) is 11.6 Å². The molecule has 39 heavy (non-hydrogen) atoms. The van der Waals surface area contributed by atoms with E-state index < -0.39 is 29.4 Å². The minimum absolute atomic E-state index is 0.0412. The lowest BCUT2D eigenvalue weighted by atomic mass is 9.55. The van der Waals surface area contributed by atoms with E-state index in [2.05, 4.69) is 27.4 Å². The zero-order valence-electron chi connectivity index (χ0n) is 24.0. The van der Waals surface area contributed by atoms with Crippen LogP contribution in [0.4, 0.5) is 0 Å². The van der Waals surface area contributed by atoms with Gasteiger partial charge in [-0.15, -0.1) is 0 Å². The Hall–Kier alpha value is -2.54. The first-order valence-corrected chi connectivity index (χ1v) is 14.1. The molecule has 2 bridgehead atoms. The smallest absolute Gasteiger partial charge is 0.331 e. The van der Waals surface area contributed by atoms with Crippen LogP contribution < -0.4 is 0 Å². The van der Waals surface area contributed by atoms with E-state index in [0.717, 1.165) is 23.1 Å². The van der Waals surface area contributed by atoms with Crippen LogP contribution >= 0.6 is 0 Å². The number of rotatable bonds is 3. The lowest BCUT2D eigenvalue weighted by Gasteiger charge is -2.51. The molecular formula is C33H42O6. The number of aliphatic hydroxyl groups is 1. The molecule has 0 amide bonds. The average molecular weight is 535 g/mol. The van der Waals surface area contributed by atoms with Crippen molar-refractivity contribution in [3.05, 3.63) is 65.3 Å². The van der Waals surface area contributed by atoms with Crippen LogP contribution in [0.5, 0.6) is 0 Å². The zero-order chi connectivity index (χ0) is 28.3. The van der Waals surface area contributed by atoms with Crippen molar-refractivity contribution in [2.24, 2.45) is 22.7 Å². The number of hydrogen-bond acceptors (Lipinski definition) is 6. The highest BCUT2D eigenvalue weighted by molar-refractivity contribution is 5.97. The van der Waals surface area contributed by atoms with Crippen molar-refractivity contribution in [1.29, 1.82) is 0 Å². The predicted molar refractivity (Wildman–Crippen MR) is 149 cm³/mol. The average Bonchev–Trinajstić information content (AvgIpc) is 3.15. The van der Waals surface area contributed by atoms with E-state index in [1.807, 2.05) is 51.1 Å². The Balaban J connectivity index is 1.49. The van der Waals surface area contributed by atoms with Crippen LogP contribution in [-0.2, 0) is 23.8 Å². The normalized spacial score (nSPS) is 37.5. The molecule has 3 aliphatic carbocycles. The summed E-state index contributed by atoms with van der Waals surface area (Å²) >= 11 is 0. The monoisotopic (exact) mass is 534 g/mol. The molecule has 7 atom stereocenters. The molecule has 1 aromatic rings. The predicted octanol–water partition coefficient (Wildman–Crippen LogP) is 5.80. The summed E-state index contributed by atoms with van der Waals surface area (Å²) in [5, 5.41) is 12.1. The molecule has 2 saturated carbocycles. The highest BCUT2D eigenvalue weighted by Gasteiger charge is 2.60. The van der Waals surface area contributed by atoms with E-state index in [1.165, 1.54) is 6.08 Å². The number of hydrogen-bond donors (Lipinski definition) is 1. The fourth-order valence-corrected chi connectivity index (χ4v) is 7.84. The number of allylic oxidation sites excluding steroid dienone is 1. The number of fused-ring (bicyclic) bond motifs is 5. The van der Waals surface area contributed by atoms with E-state index in [-0.39, 0.29) is 41.7 Å². The standard InChI is InChI=1S/C33H42O6/c1-19-23(34)17-22-29(36)27-20(2)24(37-26(35)14-13-21-11-9-8-10-12-21)15-16-33(27,7)18-25-30(28(19)31(22,3)4)39-32(5,6)38-25/h8-14,22,24-25,27,29-30,36H,2,15-18H2,1,3-7H3/b14-13+/t22-,24-,25+,27-,29+,30-,33-/m0/s1. The van der Waals surface area contributed by atoms with Gasteiger partial charge in [-0.1, -0.05) is 57.7 Å². The van der Waals surface area contributed by atoms with Crippen molar-refractivity contribution >= 4 is 17.8 Å². The quantitative estimate of drug-likeness (QED) is 0.300. The molecule has 1 saturated heterocycles. The summed E-state index contributed by atoms with van der Waals surface area (Å²) < 4.78 is 18.9. The van der Waals surface area contributed by atoms with Gasteiger partial charge in [0, 0.05) is 24.3 Å². The summed E-state index contributed by atoms with van der Waals surface area (Å²) in [4.78, 5) is 26.1. The molecule has 4 aliphatic rings. The Kier molecular flexibility index (Phi) is 7.06. The highest BCUT2D eigenvalue weighted by atomic mass is 16.8. The Labute approximate surface area is 232 Å². The minimum Gasteiger partial charge on any atom is -0.455 e. The lowest BCUT2D eigenvalue weighted by molar-refractivity contribution is -0.157. The van der Waals surface area contributed by atoms with Gasteiger partial charge in [0.1, 0.15) is 12.2 Å². The molecule has 1 aliphatic heterocycles. The second-order valence-corrected chi connectivity index (χ2v) is 13.2. The molecule has 0 unspecified atom stereocenters. The molecular weight excluding hydrogens is 492 g/mol. The van der Waals surface area contributed by atoms with Gasteiger partial charge in [0.25, 0.3) is 0 Å². The Bertz CT molecular complexity index is 1220. The number of benzene rings is 1. The first-order chi connectivity index (χ1) is 18.2. The number of ketones is 1. The molecule has 6 heteroatoms. The van der Waals surface area contributed by atoms with Gasteiger partial charge in [-0.2, -0.15) is 0 Å². The van der Waals surface area contributed by atoms with E-state index in [9.17, 15) is 14.7 Å². The van der Waals surface area contributed by atoms with Crippen molar-refractivity contribution in [1.82, 2.24) is 0 Å². The van der Waals surface area contributed by atoms with Crippen molar-refractivity contribution in [3.63, 3.8) is 0 Å². The lowest BCUT2D eigenvalue weighted by Crippen LogP contribution is -2.52. The third kappa shape index (κ3) is 4.96. The van der Waals surface area contributed by atoms with Crippen LogP contribution in [0.15, 0.2) is 59.7 Å². The maximum atomic E-state index is 13.3. The number of Topliss-reactive ketones (excluding diaryl/α,β-unsaturated/α-hetero) is 1. The number of aliphatic hydroxyl groups excluding tert-OH is 1. The molecule has 210 valence electrons. The van der Waals surface area contributed by atoms with Gasteiger partial charge in [0.05, 0.1) is 12.2 Å². The zero-order valence-corrected chi connectivity index (χ0v) is 24.0. The molecule has 1 heterocycles. The van der Waals surface area contributed by atoms with Crippen molar-refractivity contribution in [2.75, 3.05) is 0 Å². The summed E-state index contributed by atoms with van der Waals surface area (Å²) in [6, 6.07) is 9.59. The third-order valence-electron chi connectivity index (χ3n) is 9.75. The van der Waals surface area contributed by atoms with Gasteiger partial charge < -0.3 is 19.3 Å². The first-order valence-electron chi connectivity index (χ1n) is 14.1. The summed E-state index contributed by atoms with van der Waals surface area (Å²) in [5.41, 5.74) is 2.42. The Morgan fingerprint density at radius 1 is 1.13 bits per heavy atom. The van der Waals surface area contributed by atoms with Gasteiger partial charge in [-0.3, -0.25) is 4.79 Å². The van der Waals surface area contributed by atoms with Gasteiger partial charge in [-0.25, -0.2) is 4.79 Å². The van der Waals surface area contributed by atoms with Crippen molar-refractivity contribution < 1.29 is 28.9 Å². The van der Waals surface area contributed by atoms with E-state index in [1.54, 1.807) is 6.08 Å². The van der Waals surface area contributed by atoms with Crippen LogP contribution in [-0.4, -0.2) is 47.1 Å². The SMILES string of the molecule is C=C1[C@@H](OC(=O)/C=C/c2ccccc2)CC[C@@]2(C)C[C@H]3OC(C)(C)O[C@@H]3C3=C(C)C(=O)C[C@@H]([C@@H](O)[C@H]12)C3(C)C. The molecule has 0 spiro atoms. The van der Waals surface area contributed by atoms with E-state index in [0.29, 0.717) is 18.4 Å². The van der Waals surface area contributed by atoms with E-state index in [4.69, 9.17) is 14.2 Å². The van der Waals surface area contributed by atoms with Crippen molar-refractivity contribution in [2.45, 2.75) is 97.4 Å². The number of ether oxygens (including phenoxy) is 3. The molecule has 3 fully saturated rings. The second-order valence-electron chi connectivity index (χ2n) is 13.2. The summed E-state index contributed by atoms with van der Waals surface area (Å²) in [6.45, 7) is 16.5. The Morgan fingerprint density at radius 3 is 2.51 bits per heavy atom. The van der Waals surface area contributed by atoms with Gasteiger partial charge >= 0.3 is 5.97 Å². The van der Waals surface area contributed by atoms with Crippen molar-refractivity contribution in [3.8, 4) is 0 Å². The fraction of sp³-hybridized carbons (Fsp3) is 0.576. The Morgan fingerprint density at radius 2 is 1.82 bits per heavy atom. The highest BCUT2D eigenvalue weighted by Crippen LogP contribution is 2.59. The molecule has 0 radical (unpaired) electrons. The maximum Gasteiger partial charge on any atom is 0.331 e. The summed E-state index contributed by atoms with van der Waals surface area (Å²) in [7, 11) is 0. The van der Waals surface area contributed by atoms with Gasteiger partial charge in [0.2, 0.25) is 0 Å². The fourth-order valence-electron chi connectivity index (χ4n) is 7.84. The van der Waals surface area contributed by atoms with Gasteiger partial charge in [-0.05, 0) is 79.2 Å². The largest absolute Gasteiger partial charge is 0.455 e. The third-order valence-corrected chi connectivity index (χ3v) is 9.75. The number of esters is 1. The van der Waals surface area contributed by atoms with Crippen LogP contribution in [0.2, 0.25) is 0 Å². The molecule has 6 nitrogen and oxygen atoms in total. The molecule has 0 aromatic heterocycles. The maximum absolute atomic E-state index is 13.3. The van der Waals surface area contributed by atoms with Crippen LogP contribution in [0.3, 0.4) is 0 Å². The van der Waals surface area contributed by atoms with E-state index >= 15 is 0 Å². The minimum atomic E-state index is -0.835.